The number of nitrogens with zero attached hydrogens (tertiary/aromatic N) is 1. The third-order valence-electron chi connectivity index (χ3n) is 6.14. The van der Waals surface area contributed by atoms with Crippen LogP contribution in [0.1, 0.15) is 45.4 Å². The highest BCUT2D eigenvalue weighted by Crippen LogP contribution is 2.40. The van der Waals surface area contributed by atoms with Crippen LogP contribution in [0.4, 0.5) is 4.39 Å². The lowest BCUT2D eigenvalue weighted by Crippen LogP contribution is -2.57. The normalized spacial score (nSPS) is 26.4. The lowest BCUT2D eigenvalue weighted by Gasteiger charge is -2.46. The molecule has 1 saturated heterocycles. The van der Waals surface area contributed by atoms with Crippen molar-refractivity contribution in [3.8, 4) is 5.75 Å². The number of carbonyl (C=O) groups excluding carboxylic acids is 2. The number of ether oxygens (including phenoxy) is 1. The van der Waals surface area contributed by atoms with Crippen LogP contribution in [0, 0.1) is 17.7 Å². The molecule has 1 aromatic rings. The Kier molecular flexibility index (Phi) is 6.61. The van der Waals surface area contributed by atoms with Gasteiger partial charge in [0.2, 0.25) is 5.91 Å². The lowest BCUT2D eigenvalue weighted by atomic mass is 9.66. The molecule has 1 amide bonds. The second-order valence-electron chi connectivity index (χ2n) is 8.23. The molecule has 3 rings (SSSR count). The lowest BCUT2D eigenvalue weighted by molar-refractivity contribution is -0.142. The van der Waals surface area contributed by atoms with Crippen molar-refractivity contribution in [2.45, 2.75) is 57.1 Å². The maximum atomic E-state index is 13.9. The van der Waals surface area contributed by atoms with E-state index in [0.717, 1.165) is 19.1 Å². The fourth-order valence-corrected chi connectivity index (χ4v) is 4.52. The van der Waals surface area contributed by atoms with Crippen molar-refractivity contribution < 1.29 is 18.7 Å². The average molecular weight is 411 g/mol. The molecule has 1 aliphatic heterocycles. The number of rotatable bonds is 7. The Morgan fingerprint density at radius 3 is 2.71 bits per heavy atom. The number of piperidine rings is 1. The number of likely N-dealkylation sites (tertiary alicyclic amines) is 1. The minimum absolute atomic E-state index is 0.0231. The molecule has 1 atom stereocenters. The standard InChI is InChI=1S/C21H28ClFN2O3/c1-14(28-19-4-3-17(22)11-18(19)23)15-5-8-25(9-6-15)20(27)16-12-21(24,13-16)7-2-10-26/h3-4,10-11,14-16H,2,5-9,12-13,24H2,1H3/t14?,16-,21+. The van der Waals surface area contributed by atoms with Crippen LogP contribution in [-0.2, 0) is 9.59 Å². The maximum absolute atomic E-state index is 13.9. The largest absolute Gasteiger partial charge is 0.487 e. The smallest absolute Gasteiger partial charge is 0.225 e. The molecule has 2 fully saturated rings. The minimum atomic E-state index is -0.461. The number of halogens is 2. The molecule has 0 spiro atoms. The summed E-state index contributed by atoms with van der Waals surface area (Å²) >= 11 is 5.78. The van der Waals surface area contributed by atoms with E-state index in [1.807, 2.05) is 11.8 Å². The summed E-state index contributed by atoms with van der Waals surface area (Å²) in [6, 6.07) is 4.41. The Bertz CT molecular complexity index is 716. The van der Waals surface area contributed by atoms with Gasteiger partial charge in [0.1, 0.15) is 6.29 Å². The molecule has 5 nitrogen and oxygen atoms in total. The molecule has 1 unspecified atom stereocenters. The highest BCUT2D eigenvalue weighted by Gasteiger charge is 2.45. The van der Waals surface area contributed by atoms with Gasteiger partial charge in [0.15, 0.2) is 11.6 Å². The van der Waals surface area contributed by atoms with Crippen molar-refractivity contribution >= 4 is 23.8 Å². The van der Waals surface area contributed by atoms with Crippen LogP contribution in [0.3, 0.4) is 0 Å². The van der Waals surface area contributed by atoms with Gasteiger partial charge in [-0.05, 0) is 63.1 Å². The van der Waals surface area contributed by atoms with Crippen molar-refractivity contribution in [2.24, 2.45) is 17.6 Å². The van der Waals surface area contributed by atoms with Crippen LogP contribution in [0.15, 0.2) is 18.2 Å². The molecule has 0 bridgehead atoms. The predicted molar refractivity (Wildman–Crippen MR) is 106 cm³/mol. The van der Waals surface area contributed by atoms with Crippen LogP contribution in [0.5, 0.6) is 5.75 Å². The molecule has 28 heavy (non-hydrogen) atoms. The van der Waals surface area contributed by atoms with E-state index in [2.05, 4.69) is 0 Å². The van der Waals surface area contributed by atoms with Crippen molar-refractivity contribution in [3.05, 3.63) is 29.0 Å². The van der Waals surface area contributed by atoms with Crippen molar-refractivity contribution in [1.29, 1.82) is 0 Å². The number of nitrogens with two attached hydrogens (primary N) is 1. The number of hydrogen-bond donors (Lipinski definition) is 1. The van der Waals surface area contributed by atoms with E-state index in [1.165, 1.54) is 6.07 Å². The molecule has 0 radical (unpaired) electrons. The molecule has 1 aliphatic carbocycles. The highest BCUT2D eigenvalue weighted by molar-refractivity contribution is 6.30. The fraction of sp³-hybridized carbons (Fsp3) is 0.619. The molecule has 1 heterocycles. The topological polar surface area (TPSA) is 72.6 Å². The van der Waals surface area contributed by atoms with E-state index < -0.39 is 5.82 Å². The number of amides is 1. The first-order valence-electron chi connectivity index (χ1n) is 9.94. The zero-order chi connectivity index (χ0) is 20.3. The maximum Gasteiger partial charge on any atom is 0.225 e. The van der Waals surface area contributed by atoms with Gasteiger partial charge >= 0.3 is 0 Å². The van der Waals surface area contributed by atoms with Gasteiger partial charge in [0.05, 0.1) is 6.10 Å². The van der Waals surface area contributed by atoms with Gasteiger partial charge in [-0.25, -0.2) is 4.39 Å². The molecule has 7 heteroatoms. The molecule has 154 valence electrons. The molecular weight excluding hydrogens is 383 g/mol. The van der Waals surface area contributed by atoms with Crippen LogP contribution in [-0.4, -0.2) is 41.8 Å². The van der Waals surface area contributed by atoms with Crippen molar-refractivity contribution in [1.82, 2.24) is 4.90 Å². The molecule has 1 aromatic carbocycles. The summed E-state index contributed by atoms with van der Waals surface area (Å²) in [5.41, 5.74) is 5.86. The summed E-state index contributed by atoms with van der Waals surface area (Å²) in [4.78, 5) is 25.1. The molecule has 2 aliphatic rings. The Morgan fingerprint density at radius 2 is 2.11 bits per heavy atom. The van der Waals surface area contributed by atoms with Crippen molar-refractivity contribution in [2.75, 3.05) is 13.1 Å². The van der Waals surface area contributed by atoms with Crippen LogP contribution >= 0.6 is 11.6 Å². The van der Waals surface area contributed by atoms with Crippen LogP contribution in [0.2, 0.25) is 5.02 Å². The minimum Gasteiger partial charge on any atom is -0.487 e. The van der Waals surface area contributed by atoms with Crippen LogP contribution < -0.4 is 10.5 Å². The molecular formula is C21H28ClFN2O3. The average Bonchev–Trinajstić information content (AvgIpc) is 2.66. The Balaban J connectivity index is 1.45. The van der Waals surface area contributed by atoms with Gasteiger partial charge in [-0.1, -0.05) is 11.6 Å². The Morgan fingerprint density at radius 1 is 1.43 bits per heavy atom. The predicted octanol–water partition coefficient (Wildman–Crippen LogP) is 3.57. The number of hydrogen-bond acceptors (Lipinski definition) is 4. The molecule has 0 aromatic heterocycles. The fourth-order valence-electron chi connectivity index (χ4n) is 4.36. The first-order valence-corrected chi connectivity index (χ1v) is 10.3. The summed E-state index contributed by atoms with van der Waals surface area (Å²) in [5, 5.41) is 0.341. The van der Waals surface area contributed by atoms with Gasteiger partial charge in [-0.15, -0.1) is 0 Å². The quantitative estimate of drug-likeness (QED) is 0.697. The van der Waals surface area contributed by atoms with Crippen LogP contribution in [0.25, 0.3) is 0 Å². The summed E-state index contributed by atoms with van der Waals surface area (Å²) < 4.78 is 19.7. The Hall–Kier alpha value is -1.66. The molecule has 2 N–H and O–H groups in total. The van der Waals surface area contributed by atoms with Gasteiger partial charge in [-0.3, -0.25) is 4.79 Å². The summed E-state index contributed by atoms with van der Waals surface area (Å²) in [6.45, 7) is 3.31. The number of benzene rings is 1. The van der Waals surface area contributed by atoms with Crippen molar-refractivity contribution in [3.63, 3.8) is 0 Å². The van der Waals surface area contributed by atoms with E-state index in [4.69, 9.17) is 22.1 Å². The zero-order valence-corrected chi connectivity index (χ0v) is 17.0. The zero-order valence-electron chi connectivity index (χ0n) is 16.2. The van der Waals surface area contributed by atoms with E-state index in [-0.39, 0.29) is 35.1 Å². The first-order chi connectivity index (χ1) is 13.3. The van der Waals surface area contributed by atoms with Gasteiger partial charge in [-0.2, -0.15) is 0 Å². The summed E-state index contributed by atoms with van der Waals surface area (Å²) in [7, 11) is 0. The second-order valence-corrected chi connectivity index (χ2v) is 8.67. The first kappa shape index (κ1) is 21.1. The Labute approximate surface area is 170 Å². The second kappa shape index (κ2) is 8.78. The van der Waals surface area contributed by atoms with Gasteiger partial charge < -0.3 is 20.2 Å². The summed E-state index contributed by atoms with van der Waals surface area (Å²) in [5.74, 6) is 0.158. The van der Waals surface area contributed by atoms with Gasteiger partial charge in [0.25, 0.3) is 0 Å². The van der Waals surface area contributed by atoms with E-state index in [1.54, 1.807) is 12.1 Å². The monoisotopic (exact) mass is 410 g/mol. The summed E-state index contributed by atoms with van der Waals surface area (Å²) in [6.07, 6.45) is 4.82. The number of aldehydes is 1. The van der Waals surface area contributed by atoms with E-state index in [0.29, 0.717) is 43.8 Å². The SMILES string of the molecule is CC(Oc1ccc(Cl)cc1F)C1CCN(C(=O)[C@H]2C[C@](N)(CCC=O)C2)CC1. The highest BCUT2D eigenvalue weighted by atomic mass is 35.5. The third-order valence-corrected chi connectivity index (χ3v) is 6.37. The number of carbonyl (C=O) groups is 2. The van der Waals surface area contributed by atoms with E-state index >= 15 is 0 Å². The van der Waals surface area contributed by atoms with E-state index in [9.17, 15) is 14.0 Å². The third kappa shape index (κ3) is 4.84. The molecule has 1 saturated carbocycles. The van der Waals surface area contributed by atoms with Gasteiger partial charge in [0, 0.05) is 36.0 Å².